The third kappa shape index (κ3) is 4.48. The molecule has 0 aromatic heterocycles. The number of benzene rings is 2. The van der Waals surface area contributed by atoms with Gasteiger partial charge in [-0.25, -0.2) is 4.99 Å². The molecule has 2 aromatic rings. The molecular weight excluding hydrogens is 366 g/mol. The molecule has 6 heteroatoms. The highest BCUT2D eigenvalue weighted by molar-refractivity contribution is 6.15. The van der Waals surface area contributed by atoms with Gasteiger partial charge in [0, 0.05) is 12.6 Å². The van der Waals surface area contributed by atoms with Gasteiger partial charge in [-0.05, 0) is 56.2 Å². The van der Waals surface area contributed by atoms with Crippen LogP contribution in [0.25, 0.3) is 6.08 Å². The normalized spacial score (nSPS) is 16.4. The number of phenolic OH excluding ortho intramolecular Hbond substituents is 1. The van der Waals surface area contributed by atoms with E-state index in [1.807, 2.05) is 44.2 Å². The molecular formula is C23H25N3O3. The number of aryl methyl sites for hydroxylation is 1. The predicted octanol–water partition coefficient (Wildman–Crippen LogP) is 3.92. The van der Waals surface area contributed by atoms with E-state index in [9.17, 15) is 9.90 Å². The van der Waals surface area contributed by atoms with Gasteiger partial charge >= 0.3 is 0 Å². The van der Waals surface area contributed by atoms with Crippen LogP contribution in [0.3, 0.4) is 0 Å². The first-order chi connectivity index (χ1) is 13.9. The first-order valence-corrected chi connectivity index (χ1v) is 9.44. The minimum atomic E-state index is -0.188. The standard InChI is InChI=1S/C23H25N3O3/c1-5-7-17-12-16(14-20(21(17)27)29-6-2)13-19-22(28)26(4)23(25-19)24-18-10-8-15(3)9-11-18/h5,8-14,27H,1,6-7H2,2-4H3,(H,24,25)/b19-13+. The molecule has 6 nitrogen and oxygen atoms in total. The van der Waals surface area contributed by atoms with Gasteiger partial charge in [-0.3, -0.25) is 9.69 Å². The zero-order chi connectivity index (χ0) is 21.0. The van der Waals surface area contributed by atoms with Gasteiger partial charge < -0.3 is 15.2 Å². The minimum Gasteiger partial charge on any atom is -0.504 e. The Morgan fingerprint density at radius 2 is 2.00 bits per heavy atom. The van der Waals surface area contributed by atoms with E-state index in [4.69, 9.17) is 4.74 Å². The van der Waals surface area contributed by atoms with Crippen molar-refractivity contribution in [3.63, 3.8) is 0 Å². The Hall–Kier alpha value is -3.54. The molecule has 1 fully saturated rings. The number of guanidine groups is 1. The average molecular weight is 391 g/mol. The summed E-state index contributed by atoms with van der Waals surface area (Å²) in [5.74, 6) is 0.747. The number of carbonyl (C=O) groups is 1. The van der Waals surface area contributed by atoms with Crippen molar-refractivity contribution >= 4 is 23.6 Å². The van der Waals surface area contributed by atoms with Crippen LogP contribution in [0, 0.1) is 6.92 Å². The van der Waals surface area contributed by atoms with Crippen LogP contribution in [-0.4, -0.2) is 35.5 Å². The summed E-state index contributed by atoms with van der Waals surface area (Å²) in [6.45, 7) is 8.01. The van der Waals surface area contributed by atoms with Crippen molar-refractivity contribution < 1.29 is 14.6 Å². The predicted molar refractivity (Wildman–Crippen MR) is 115 cm³/mol. The van der Waals surface area contributed by atoms with Gasteiger partial charge in [0.05, 0.1) is 12.3 Å². The Bertz CT molecular complexity index is 991. The summed E-state index contributed by atoms with van der Waals surface area (Å²) in [6, 6.07) is 11.3. The van der Waals surface area contributed by atoms with E-state index in [1.54, 1.807) is 25.3 Å². The van der Waals surface area contributed by atoms with Crippen LogP contribution in [0.2, 0.25) is 0 Å². The van der Waals surface area contributed by atoms with Crippen molar-refractivity contribution in [2.45, 2.75) is 20.3 Å². The quantitative estimate of drug-likeness (QED) is 0.578. The minimum absolute atomic E-state index is 0.0957. The molecule has 0 radical (unpaired) electrons. The topological polar surface area (TPSA) is 74.2 Å². The molecule has 0 unspecified atom stereocenters. The fourth-order valence-corrected chi connectivity index (χ4v) is 2.99. The Labute approximate surface area is 170 Å². The number of aromatic hydroxyl groups is 1. The maximum Gasteiger partial charge on any atom is 0.276 e. The first kappa shape index (κ1) is 20.2. The third-order valence-electron chi connectivity index (χ3n) is 4.52. The first-order valence-electron chi connectivity index (χ1n) is 9.44. The highest BCUT2D eigenvalue weighted by Crippen LogP contribution is 2.33. The molecule has 2 aromatic carbocycles. The van der Waals surface area contributed by atoms with E-state index < -0.39 is 0 Å². The second kappa shape index (κ2) is 8.65. The van der Waals surface area contributed by atoms with Gasteiger partial charge in [0.1, 0.15) is 5.70 Å². The van der Waals surface area contributed by atoms with Crippen LogP contribution in [0.5, 0.6) is 11.5 Å². The number of hydrogen-bond donors (Lipinski definition) is 2. The SMILES string of the molecule is C=CCc1cc(/C=C2/N/C(=N/c3ccc(C)cc3)N(C)C2=O)cc(OCC)c1O. The summed E-state index contributed by atoms with van der Waals surface area (Å²) in [6.07, 6.45) is 3.93. The number of amides is 1. The molecule has 3 rings (SSSR count). The van der Waals surface area contributed by atoms with Crippen molar-refractivity contribution in [1.29, 1.82) is 0 Å². The number of nitrogens with one attached hydrogen (secondary N) is 1. The number of aliphatic imine (C=N–C) groups is 1. The fraction of sp³-hybridized carbons (Fsp3) is 0.217. The molecule has 1 heterocycles. The number of phenols is 1. The van der Waals surface area contributed by atoms with Gasteiger partial charge in [0.15, 0.2) is 11.5 Å². The van der Waals surface area contributed by atoms with Crippen LogP contribution in [0.15, 0.2) is 59.7 Å². The Morgan fingerprint density at radius 3 is 2.66 bits per heavy atom. The van der Waals surface area contributed by atoms with Crippen molar-refractivity contribution in [3.05, 3.63) is 71.4 Å². The number of likely N-dealkylation sites (N-methyl/N-ethyl adjacent to an activating group) is 1. The van der Waals surface area contributed by atoms with E-state index in [1.165, 1.54) is 4.90 Å². The maximum absolute atomic E-state index is 12.7. The van der Waals surface area contributed by atoms with E-state index >= 15 is 0 Å². The molecule has 1 aliphatic rings. The smallest absolute Gasteiger partial charge is 0.276 e. The number of carbonyl (C=O) groups excluding carboxylic acids is 1. The number of nitrogens with zero attached hydrogens (tertiary/aromatic N) is 2. The van der Waals surface area contributed by atoms with Gasteiger partial charge in [0.2, 0.25) is 5.96 Å². The van der Waals surface area contributed by atoms with Crippen LogP contribution >= 0.6 is 0 Å². The summed E-state index contributed by atoms with van der Waals surface area (Å²) in [5.41, 5.74) is 3.73. The van der Waals surface area contributed by atoms with Gasteiger partial charge in [0.25, 0.3) is 5.91 Å². The molecule has 29 heavy (non-hydrogen) atoms. The lowest BCUT2D eigenvalue weighted by atomic mass is 10.0. The Morgan fingerprint density at radius 1 is 1.28 bits per heavy atom. The molecule has 0 saturated carbocycles. The van der Waals surface area contributed by atoms with Crippen LogP contribution in [0.1, 0.15) is 23.6 Å². The number of rotatable bonds is 6. The average Bonchev–Trinajstić information content (AvgIpc) is 2.95. The fourth-order valence-electron chi connectivity index (χ4n) is 2.99. The second-order valence-electron chi connectivity index (χ2n) is 6.77. The van der Waals surface area contributed by atoms with Gasteiger partial charge in [-0.1, -0.05) is 23.8 Å². The molecule has 150 valence electrons. The number of ether oxygens (including phenoxy) is 1. The molecule has 0 spiro atoms. The highest BCUT2D eigenvalue weighted by atomic mass is 16.5. The Balaban J connectivity index is 1.94. The Kier molecular flexibility index (Phi) is 6.02. The van der Waals surface area contributed by atoms with Crippen molar-refractivity contribution in [2.24, 2.45) is 4.99 Å². The molecule has 1 aliphatic heterocycles. The molecule has 1 amide bonds. The van der Waals surface area contributed by atoms with Crippen molar-refractivity contribution in [2.75, 3.05) is 13.7 Å². The zero-order valence-corrected chi connectivity index (χ0v) is 16.9. The van der Waals surface area contributed by atoms with Crippen LogP contribution in [0.4, 0.5) is 5.69 Å². The van der Waals surface area contributed by atoms with Crippen molar-refractivity contribution in [1.82, 2.24) is 10.2 Å². The largest absolute Gasteiger partial charge is 0.504 e. The van der Waals surface area contributed by atoms with Gasteiger partial charge in [-0.2, -0.15) is 0 Å². The van der Waals surface area contributed by atoms with Crippen molar-refractivity contribution in [3.8, 4) is 11.5 Å². The summed E-state index contributed by atoms with van der Waals surface area (Å²) in [5, 5.41) is 13.4. The molecule has 1 saturated heterocycles. The lowest BCUT2D eigenvalue weighted by Gasteiger charge is -2.11. The summed E-state index contributed by atoms with van der Waals surface area (Å²) in [4.78, 5) is 18.7. The van der Waals surface area contributed by atoms with Crippen LogP contribution < -0.4 is 10.1 Å². The summed E-state index contributed by atoms with van der Waals surface area (Å²) in [7, 11) is 1.68. The monoisotopic (exact) mass is 391 g/mol. The number of allylic oxidation sites excluding steroid dienone is 1. The molecule has 0 bridgehead atoms. The number of hydrogen-bond acceptors (Lipinski definition) is 4. The lowest BCUT2D eigenvalue weighted by Crippen LogP contribution is -2.27. The highest BCUT2D eigenvalue weighted by Gasteiger charge is 2.28. The summed E-state index contributed by atoms with van der Waals surface area (Å²) >= 11 is 0. The van der Waals surface area contributed by atoms with E-state index in [0.717, 1.165) is 16.8 Å². The molecule has 2 N–H and O–H groups in total. The zero-order valence-electron chi connectivity index (χ0n) is 16.9. The lowest BCUT2D eigenvalue weighted by molar-refractivity contribution is -0.121. The maximum atomic E-state index is 12.7. The molecule has 0 atom stereocenters. The van der Waals surface area contributed by atoms with E-state index in [0.29, 0.717) is 36.0 Å². The van der Waals surface area contributed by atoms with E-state index in [-0.39, 0.29) is 11.7 Å². The van der Waals surface area contributed by atoms with Gasteiger partial charge in [-0.15, -0.1) is 6.58 Å². The summed E-state index contributed by atoms with van der Waals surface area (Å²) < 4.78 is 5.53. The van der Waals surface area contributed by atoms with Crippen LogP contribution in [-0.2, 0) is 11.2 Å². The second-order valence-corrected chi connectivity index (χ2v) is 6.77. The third-order valence-corrected chi connectivity index (χ3v) is 4.52. The van der Waals surface area contributed by atoms with E-state index in [2.05, 4.69) is 16.9 Å². The molecule has 0 aliphatic carbocycles.